The fourth-order valence-electron chi connectivity index (χ4n) is 1.76. The lowest BCUT2D eigenvalue weighted by Gasteiger charge is -2.25. The standard InChI is InChI=1S/C11H18N2S2.C2H6.CH4/c1-3-8-9(11(15)10(8)14)13(2)7-5-4-6-12;1-2;/h3-7,12H2,1-2H3;1-2H3;1H4. The number of nitrogens with zero attached hydrogens (tertiary/aromatic N) is 1. The molecule has 0 aliphatic rings. The average Bonchev–Trinajstić information content (AvgIpc) is 2.36. The van der Waals surface area contributed by atoms with Crippen molar-refractivity contribution in [1.29, 1.82) is 0 Å². The molecule has 0 atom stereocenters. The lowest BCUT2D eigenvalue weighted by molar-refractivity contribution is 0.724. The summed E-state index contributed by atoms with van der Waals surface area (Å²) in [5.41, 5.74) is 7.91. The minimum absolute atomic E-state index is 0. The fourth-order valence-corrected chi connectivity index (χ4v) is 2.50. The van der Waals surface area contributed by atoms with Crippen LogP contribution in [0.25, 0.3) is 0 Å². The molecule has 18 heavy (non-hydrogen) atoms. The second-order valence-electron chi connectivity index (χ2n) is 3.76. The molecule has 0 saturated heterocycles. The molecule has 4 heteroatoms. The SMILES string of the molecule is C.CC.CCc1c(N(C)CCCCN)c(=S)c1=S. The monoisotopic (exact) mass is 288 g/mol. The summed E-state index contributed by atoms with van der Waals surface area (Å²) in [5.74, 6) is 0. The van der Waals surface area contributed by atoms with Gasteiger partial charge in [0.25, 0.3) is 0 Å². The van der Waals surface area contributed by atoms with Gasteiger partial charge in [-0.1, -0.05) is 52.6 Å². The largest absolute Gasteiger partial charge is 0.373 e. The lowest BCUT2D eigenvalue weighted by atomic mass is 10.1. The summed E-state index contributed by atoms with van der Waals surface area (Å²) in [6.45, 7) is 7.90. The maximum absolute atomic E-state index is 5.46. The van der Waals surface area contributed by atoms with Crippen LogP contribution in [0.15, 0.2) is 0 Å². The van der Waals surface area contributed by atoms with E-state index in [4.69, 9.17) is 30.2 Å². The van der Waals surface area contributed by atoms with Crippen molar-refractivity contribution in [2.45, 2.75) is 47.5 Å². The highest BCUT2D eigenvalue weighted by Gasteiger charge is 2.15. The Balaban J connectivity index is 0. The third-order valence-electron chi connectivity index (χ3n) is 2.66. The number of anilines is 1. The predicted molar refractivity (Wildman–Crippen MR) is 89.5 cm³/mol. The number of rotatable bonds is 6. The second kappa shape index (κ2) is 10.6. The van der Waals surface area contributed by atoms with E-state index in [1.165, 1.54) is 11.3 Å². The van der Waals surface area contributed by atoms with Gasteiger partial charge in [-0.05, 0) is 31.4 Å². The van der Waals surface area contributed by atoms with Gasteiger partial charge in [0.2, 0.25) is 0 Å². The molecule has 0 aromatic heterocycles. The van der Waals surface area contributed by atoms with E-state index >= 15 is 0 Å². The highest BCUT2D eigenvalue weighted by Crippen LogP contribution is 2.30. The van der Waals surface area contributed by atoms with Gasteiger partial charge in [-0.3, -0.25) is 0 Å². The lowest BCUT2D eigenvalue weighted by Crippen LogP contribution is -2.23. The smallest absolute Gasteiger partial charge is 0.0798 e. The van der Waals surface area contributed by atoms with E-state index in [2.05, 4.69) is 18.9 Å². The van der Waals surface area contributed by atoms with Crippen LogP contribution in [-0.2, 0) is 6.42 Å². The summed E-state index contributed by atoms with van der Waals surface area (Å²) in [6.07, 6.45) is 3.16. The van der Waals surface area contributed by atoms with E-state index in [1.54, 1.807) is 0 Å². The van der Waals surface area contributed by atoms with Crippen molar-refractivity contribution in [3.63, 3.8) is 0 Å². The number of nitrogens with two attached hydrogens (primary N) is 1. The predicted octanol–water partition coefficient (Wildman–Crippen LogP) is 4.42. The molecule has 0 heterocycles. The van der Waals surface area contributed by atoms with E-state index in [0.717, 1.165) is 41.4 Å². The van der Waals surface area contributed by atoms with Crippen molar-refractivity contribution in [2.24, 2.45) is 5.73 Å². The first kappa shape index (κ1) is 20.0. The van der Waals surface area contributed by atoms with Crippen LogP contribution in [0.3, 0.4) is 0 Å². The number of hydrogen-bond acceptors (Lipinski definition) is 4. The maximum atomic E-state index is 5.46. The summed E-state index contributed by atoms with van der Waals surface area (Å²) in [5, 5.41) is 0. The number of unbranched alkanes of at least 4 members (excludes halogenated alkanes) is 1. The van der Waals surface area contributed by atoms with Crippen LogP contribution >= 0.6 is 24.4 Å². The molecule has 0 amide bonds. The highest BCUT2D eigenvalue weighted by molar-refractivity contribution is 7.74. The topological polar surface area (TPSA) is 29.3 Å². The first-order valence-corrected chi connectivity index (χ1v) is 7.18. The summed E-state index contributed by atoms with van der Waals surface area (Å²) in [6, 6.07) is 0. The average molecular weight is 289 g/mol. The Bertz CT molecular complexity index is 392. The Morgan fingerprint density at radius 1 is 1.11 bits per heavy atom. The Morgan fingerprint density at radius 2 is 1.67 bits per heavy atom. The van der Waals surface area contributed by atoms with Gasteiger partial charge in [0, 0.05) is 13.6 Å². The first-order valence-electron chi connectivity index (χ1n) is 6.36. The Labute approximate surface area is 123 Å². The summed E-state index contributed by atoms with van der Waals surface area (Å²) >= 11 is 10.5. The van der Waals surface area contributed by atoms with Crippen molar-refractivity contribution in [2.75, 3.05) is 25.0 Å². The Morgan fingerprint density at radius 3 is 2.11 bits per heavy atom. The molecule has 0 fully saturated rings. The molecule has 1 rings (SSSR count). The molecular weight excluding hydrogens is 260 g/mol. The molecule has 0 aliphatic heterocycles. The minimum atomic E-state index is 0. The summed E-state index contributed by atoms with van der Waals surface area (Å²) < 4.78 is 1.77. The quantitative estimate of drug-likeness (QED) is 0.620. The normalized spacial score (nSPS) is 9.39. The molecule has 106 valence electrons. The molecular formula is C14H28N2S2. The van der Waals surface area contributed by atoms with Gasteiger partial charge in [0.05, 0.1) is 14.7 Å². The molecule has 0 unspecified atom stereocenters. The van der Waals surface area contributed by atoms with Gasteiger partial charge in [0.15, 0.2) is 0 Å². The van der Waals surface area contributed by atoms with Crippen molar-refractivity contribution in [1.82, 2.24) is 0 Å². The van der Waals surface area contributed by atoms with E-state index in [-0.39, 0.29) is 7.43 Å². The van der Waals surface area contributed by atoms with Gasteiger partial charge in [-0.25, -0.2) is 0 Å². The number of hydrogen-bond donors (Lipinski definition) is 1. The van der Waals surface area contributed by atoms with Crippen molar-refractivity contribution < 1.29 is 0 Å². The third kappa shape index (κ3) is 4.75. The molecule has 0 bridgehead atoms. The van der Waals surface area contributed by atoms with Gasteiger partial charge < -0.3 is 10.6 Å². The first-order chi connectivity index (χ1) is 8.13. The zero-order valence-electron chi connectivity index (χ0n) is 11.4. The summed E-state index contributed by atoms with van der Waals surface area (Å²) in [4.78, 5) is 2.21. The molecule has 1 aromatic rings. The van der Waals surface area contributed by atoms with Crippen LogP contribution in [0.1, 0.15) is 46.6 Å². The van der Waals surface area contributed by atoms with Crippen LogP contribution in [0, 0.1) is 9.02 Å². The van der Waals surface area contributed by atoms with Crippen LogP contribution in [0.5, 0.6) is 0 Å². The molecule has 2 nitrogen and oxygen atoms in total. The van der Waals surface area contributed by atoms with Crippen LogP contribution in [-0.4, -0.2) is 20.1 Å². The molecule has 1 aromatic carbocycles. The van der Waals surface area contributed by atoms with Gasteiger partial charge in [0.1, 0.15) is 0 Å². The molecule has 0 aliphatic carbocycles. The van der Waals surface area contributed by atoms with E-state index in [1.807, 2.05) is 13.8 Å². The Kier molecular flexibility index (Phi) is 11.8. The zero-order valence-corrected chi connectivity index (χ0v) is 13.0. The molecule has 0 radical (unpaired) electrons. The minimum Gasteiger partial charge on any atom is -0.373 e. The Hall–Kier alpha value is -0.320. The molecule has 0 spiro atoms. The van der Waals surface area contributed by atoms with E-state index < -0.39 is 0 Å². The third-order valence-corrected chi connectivity index (χ3v) is 3.64. The maximum Gasteiger partial charge on any atom is 0.0798 e. The van der Waals surface area contributed by atoms with Crippen molar-refractivity contribution in [3.8, 4) is 0 Å². The molecule has 2 N–H and O–H groups in total. The highest BCUT2D eigenvalue weighted by atomic mass is 32.1. The van der Waals surface area contributed by atoms with Crippen molar-refractivity contribution >= 4 is 30.1 Å². The van der Waals surface area contributed by atoms with Crippen LogP contribution in [0.4, 0.5) is 5.69 Å². The van der Waals surface area contributed by atoms with E-state index in [9.17, 15) is 0 Å². The fraction of sp³-hybridized carbons (Fsp3) is 0.714. The van der Waals surface area contributed by atoms with Gasteiger partial charge in [-0.2, -0.15) is 0 Å². The van der Waals surface area contributed by atoms with Crippen LogP contribution < -0.4 is 10.6 Å². The van der Waals surface area contributed by atoms with Crippen molar-refractivity contribution in [3.05, 3.63) is 14.6 Å². The van der Waals surface area contributed by atoms with Crippen LogP contribution in [0.2, 0.25) is 0 Å². The van der Waals surface area contributed by atoms with Gasteiger partial charge in [-0.15, -0.1) is 0 Å². The van der Waals surface area contributed by atoms with E-state index in [0.29, 0.717) is 0 Å². The molecule has 0 saturated carbocycles. The van der Waals surface area contributed by atoms with Gasteiger partial charge >= 0.3 is 0 Å². The summed E-state index contributed by atoms with van der Waals surface area (Å²) in [7, 11) is 2.08. The zero-order chi connectivity index (χ0) is 13.4. The second-order valence-corrected chi connectivity index (χ2v) is 4.57.